The summed E-state index contributed by atoms with van der Waals surface area (Å²) in [5.74, 6) is 0.672. The molecular weight excluding hydrogens is 602 g/mol. The molecule has 1 fully saturated rings. The number of carboxylic acid groups (broad SMARTS) is 1. The number of rotatable bonds is 8. The van der Waals surface area contributed by atoms with E-state index >= 15 is 0 Å². The van der Waals surface area contributed by atoms with Crippen LogP contribution in [0.4, 0.5) is 0 Å². The van der Waals surface area contributed by atoms with E-state index < -0.39 is 5.97 Å². The second-order valence-electron chi connectivity index (χ2n) is 11.6. The lowest BCUT2D eigenvalue weighted by molar-refractivity contribution is 0.0697. The average Bonchev–Trinajstić information content (AvgIpc) is 3.68. The second-order valence-corrected chi connectivity index (χ2v) is 13.2. The number of fused-ring (bicyclic) bond motifs is 1. The molecule has 6 nitrogen and oxygen atoms in total. The van der Waals surface area contributed by atoms with Crippen molar-refractivity contribution >= 4 is 39.9 Å². The molecule has 2 aromatic heterocycles. The van der Waals surface area contributed by atoms with Gasteiger partial charge < -0.3 is 14.4 Å². The molecule has 0 amide bonds. The Bertz CT molecular complexity index is 1990. The SMILES string of the molecule is Cc1cnc(-c2ccc(-c3ccc(Cl)cc3)c(COc3ccc(-c4nc5cc(C(=O)O)ccc5n4C4CCCCC4)cc3)c2)s1. The zero-order valence-corrected chi connectivity index (χ0v) is 26.4. The molecule has 0 aliphatic heterocycles. The molecule has 1 saturated carbocycles. The first-order valence-electron chi connectivity index (χ1n) is 15.2. The van der Waals surface area contributed by atoms with Gasteiger partial charge in [-0.3, -0.25) is 0 Å². The maximum absolute atomic E-state index is 11.7. The van der Waals surface area contributed by atoms with Crippen molar-refractivity contribution in [3.63, 3.8) is 0 Å². The number of carbonyl (C=O) groups is 1. The van der Waals surface area contributed by atoms with E-state index in [-0.39, 0.29) is 5.56 Å². The Kier molecular flexibility index (Phi) is 8.13. The molecule has 0 saturated heterocycles. The Balaban J connectivity index is 1.19. The van der Waals surface area contributed by atoms with Crippen LogP contribution >= 0.6 is 22.9 Å². The lowest BCUT2D eigenvalue weighted by atomic mass is 9.95. The quantitative estimate of drug-likeness (QED) is 0.180. The van der Waals surface area contributed by atoms with Crippen molar-refractivity contribution in [2.45, 2.75) is 51.7 Å². The fourth-order valence-corrected chi connectivity index (χ4v) is 7.14. The van der Waals surface area contributed by atoms with Gasteiger partial charge in [-0.1, -0.05) is 55.1 Å². The van der Waals surface area contributed by atoms with Gasteiger partial charge in [-0.15, -0.1) is 11.3 Å². The van der Waals surface area contributed by atoms with Gasteiger partial charge in [0.2, 0.25) is 0 Å². The van der Waals surface area contributed by atoms with Crippen molar-refractivity contribution in [2.24, 2.45) is 0 Å². The third kappa shape index (κ3) is 6.10. The number of ether oxygens (including phenoxy) is 1. The molecule has 7 rings (SSSR count). The third-order valence-electron chi connectivity index (χ3n) is 8.51. The standard InChI is InChI=1S/C37H32ClN3O3S/c1-23-21-39-36(45-23)26-11-17-32(24-7-13-29(38)14-8-24)28(19-26)22-44-31-15-9-25(10-16-31)35-40-33-20-27(37(42)43)12-18-34(33)41(35)30-5-3-2-4-6-30/h7-21,30H,2-6,22H2,1H3,(H,42,43). The van der Waals surface area contributed by atoms with Gasteiger partial charge in [0.15, 0.2) is 0 Å². The summed E-state index contributed by atoms with van der Waals surface area (Å²) in [6.07, 6.45) is 7.71. The van der Waals surface area contributed by atoms with Gasteiger partial charge in [0, 0.05) is 33.3 Å². The Hall–Kier alpha value is -4.46. The number of aryl methyl sites for hydroxylation is 1. The molecule has 1 aliphatic carbocycles. The van der Waals surface area contributed by atoms with Gasteiger partial charge in [-0.2, -0.15) is 0 Å². The number of carboxylic acids is 1. The summed E-state index contributed by atoms with van der Waals surface area (Å²) < 4.78 is 8.70. The summed E-state index contributed by atoms with van der Waals surface area (Å²) in [6, 6.07) is 27.9. The summed E-state index contributed by atoms with van der Waals surface area (Å²) in [6.45, 7) is 2.45. The fourth-order valence-electron chi connectivity index (χ4n) is 6.25. The number of imidazole rings is 1. The molecular formula is C37H32ClN3O3S. The highest BCUT2D eigenvalue weighted by Gasteiger charge is 2.23. The van der Waals surface area contributed by atoms with E-state index in [1.807, 2.05) is 60.8 Å². The van der Waals surface area contributed by atoms with E-state index in [9.17, 15) is 9.90 Å². The molecule has 4 aromatic carbocycles. The van der Waals surface area contributed by atoms with E-state index in [4.69, 9.17) is 21.3 Å². The molecule has 0 unspecified atom stereocenters. The monoisotopic (exact) mass is 633 g/mol. The van der Waals surface area contributed by atoms with E-state index in [0.29, 0.717) is 23.2 Å². The van der Waals surface area contributed by atoms with Crippen LogP contribution in [0, 0.1) is 6.92 Å². The lowest BCUT2D eigenvalue weighted by Crippen LogP contribution is -2.14. The zero-order valence-electron chi connectivity index (χ0n) is 24.9. The van der Waals surface area contributed by atoms with Gasteiger partial charge >= 0.3 is 5.97 Å². The number of nitrogens with zero attached hydrogens (tertiary/aromatic N) is 3. The molecule has 45 heavy (non-hydrogen) atoms. The van der Waals surface area contributed by atoms with E-state index in [1.165, 1.54) is 24.1 Å². The van der Waals surface area contributed by atoms with E-state index in [2.05, 4.69) is 34.7 Å². The van der Waals surface area contributed by atoms with Crippen molar-refractivity contribution in [3.05, 3.63) is 112 Å². The minimum atomic E-state index is -0.946. The molecule has 226 valence electrons. The number of halogens is 1. The van der Waals surface area contributed by atoms with E-state index in [0.717, 1.165) is 62.8 Å². The van der Waals surface area contributed by atoms with Crippen molar-refractivity contribution in [2.75, 3.05) is 0 Å². The van der Waals surface area contributed by atoms with Crippen LogP contribution in [-0.2, 0) is 6.61 Å². The van der Waals surface area contributed by atoms with Crippen LogP contribution in [0.5, 0.6) is 5.75 Å². The largest absolute Gasteiger partial charge is 0.489 e. The molecule has 0 atom stereocenters. The van der Waals surface area contributed by atoms with Crippen LogP contribution in [0.25, 0.3) is 44.1 Å². The number of hydrogen-bond acceptors (Lipinski definition) is 5. The molecule has 1 aliphatic rings. The number of benzene rings is 4. The predicted molar refractivity (Wildman–Crippen MR) is 181 cm³/mol. The first-order valence-corrected chi connectivity index (χ1v) is 16.4. The van der Waals surface area contributed by atoms with Crippen LogP contribution in [0.2, 0.25) is 5.02 Å². The third-order valence-corrected chi connectivity index (χ3v) is 9.73. The highest BCUT2D eigenvalue weighted by Crippen LogP contribution is 2.37. The van der Waals surface area contributed by atoms with Crippen LogP contribution in [0.3, 0.4) is 0 Å². The molecule has 0 bridgehead atoms. The van der Waals surface area contributed by atoms with Gasteiger partial charge in [-0.05, 0) is 97.1 Å². The van der Waals surface area contributed by atoms with Crippen LogP contribution < -0.4 is 4.74 Å². The first-order chi connectivity index (χ1) is 21.9. The molecule has 0 radical (unpaired) electrons. The molecule has 8 heteroatoms. The Morgan fingerprint density at radius 3 is 2.38 bits per heavy atom. The predicted octanol–water partition coefficient (Wildman–Crippen LogP) is 10.2. The summed E-state index contributed by atoms with van der Waals surface area (Å²) in [5, 5.41) is 11.2. The number of thiazole rings is 1. The number of hydrogen-bond donors (Lipinski definition) is 1. The summed E-state index contributed by atoms with van der Waals surface area (Å²) >= 11 is 7.86. The van der Waals surface area contributed by atoms with Crippen molar-refractivity contribution < 1.29 is 14.6 Å². The summed E-state index contributed by atoms with van der Waals surface area (Å²) in [5.41, 5.74) is 7.19. The first kappa shape index (κ1) is 29.3. The maximum Gasteiger partial charge on any atom is 0.335 e. The fraction of sp³-hybridized carbons (Fsp3) is 0.216. The van der Waals surface area contributed by atoms with E-state index in [1.54, 1.807) is 23.5 Å². The van der Waals surface area contributed by atoms with Gasteiger partial charge in [0.25, 0.3) is 0 Å². The number of aromatic nitrogens is 3. The summed E-state index contributed by atoms with van der Waals surface area (Å²) in [4.78, 5) is 22.4. The molecule has 0 spiro atoms. The van der Waals surface area contributed by atoms with Gasteiger partial charge in [0.05, 0.1) is 16.6 Å². The summed E-state index contributed by atoms with van der Waals surface area (Å²) in [7, 11) is 0. The average molecular weight is 634 g/mol. The Morgan fingerprint density at radius 2 is 1.67 bits per heavy atom. The zero-order chi connectivity index (χ0) is 30.9. The van der Waals surface area contributed by atoms with Crippen LogP contribution in [0.15, 0.2) is 91.1 Å². The lowest BCUT2D eigenvalue weighted by Gasteiger charge is -2.25. The smallest absolute Gasteiger partial charge is 0.335 e. The van der Waals surface area contributed by atoms with Gasteiger partial charge in [0.1, 0.15) is 23.2 Å². The maximum atomic E-state index is 11.7. The van der Waals surface area contributed by atoms with Gasteiger partial charge in [-0.25, -0.2) is 14.8 Å². The molecule has 6 aromatic rings. The molecule has 2 heterocycles. The Labute approximate surface area is 270 Å². The minimum Gasteiger partial charge on any atom is -0.489 e. The number of aromatic carboxylic acids is 1. The second kappa shape index (κ2) is 12.5. The van der Waals surface area contributed by atoms with Crippen molar-refractivity contribution in [3.8, 4) is 38.8 Å². The van der Waals surface area contributed by atoms with Crippen LogP contribution in [-0.4, -0.2) is 25.6 Å². The minimum absolute atomic E-state index is 0.248. The normalized spacial score (nSPS) is 13.7. The van der Waals surface area contributed by atoms with Crippen molar-refractivity contribution in [1.29, 1.82) is 0 Å². The highest BCUT2D eigenvalue weighted by atomic mass is 35.5. The Morgan fingerprint density at radius 1 is 0.933 bits per heavy atom. The topological polar surface area (TPSA) is 77.2 Å². The highest BCUT2D eigenvalue weighted by molar-refractivity contribution is 7.14. The van der Waals surface area contributed by atoms with Crippen LogP contribution in [0.1, 0.15) is 58.9 Å². The molecule has 1 N–H and O–H groups in total. The van der Waals surface area contributed by atoms with Crippen molar-refractivity contribution in [1.82, 2.24) is 14.5 Å².